The summed E-state index contributed by atoms with van der Waals surface area (Å²) in [5, 5.41) is 0. The molecule has 1 saturated heterocycles. The fraction of sp³-hybridized carbons (Fsp3) is 0.647. The third-order valence-corrected chi connectivity index (χ3v) is 4.52. The molecule has 0 spiro atoms. The van der Waals surface area contributed by atoms with E-state index in [0.29, 0.717) is 6.04 Å². The van der Waals surface area contributed by atoms with Crippen molar-refractivity contribution in [3.8, 4) is 0 Å². The van der Waals surface area contributed by atoms with E-state index in [1.807, 2.05) is 12.1 Å². The molecule has 3 nitrogen and oxygen atoms in total. The maximum absolute atomic E-state index is 5.79. The Morgan fingerprint density at radius 2 is 1.90 bits per heavy atom. The van der Waals surface area contributed by atoms with Gasteiger partial charge in [-0.2, -0.15) is 0 Å². The van der Waals surface area contributed by atoms with E-state index in [0.717, 1.165) is 12.2 Å². The highest BCUT2D eigenvalue weighted by Gasteiger charge is 2.28. The number of hydrogen-bond acceptors (Lipinski definition) is 3. The van der Waals surface area contributed by atoms with Crippen molar-refractivity contribution in [1.29, 1.82) is 0 Å². The second-order valence-electron chi connectivity index (χ2n) is 7.00. The van der Waals surface area contributed by atoms with Gasteiger partial charge in [-0.1, -0.05) is 26.0 Å². The predicted octanol–water partition coefficient (Wildman–Crippen LogP) is 2.57. The molecule has 0 aliphatic carbocycles. The average molecular weight is 275 g/mol. The number of likely N-dealkylation sites (tertiary alicyclic amines) is 1. The van der Waals surface area contributed by atoms with Gasteiger partial charge in [0, 0.05) is 30.2 Å². The van der Waals surface area contributed by atoms with Crippen LogP contribution in [0.25, 0.3) is 0 Å². The van der Waals surface area contributed by atoms with Crippen LogP contribution in [0.2, 0.25) is 0 Å². The highest BCUT2D eigenvalue weighted by Crippen LogP contribution is 2.27. The fourth-order valence-corrected chi connectivity index (χ4v) is 3.18. The van der Waals surface area contributed by atoms with Crippen LogP contribution in [0.1, 0.15) is 32.3 Å². The molecule has 0 radical (unpaired) electrons. The molecule has 0 saturated carbocycles. The number of anilines is 1. The monoisotopic (exact) mass is 275 g/mol. The van der Waals surface area contributed by atoms with Gasteiger partial charge in [0.25, 0.3) is 0 Å². The molecule has 1 unspecified atom stereocenters. The second-order valence-corrected chi connectivity index (χ2v) is 7.00. The molecule has 20 heavy (non-hydrogen) atoms. The summed E-state index contributed by atoms with van der Waals surface area (Å²) in [6.45, 7) is 8.19. The summed E-state index contributed by atoms with van der Waals surface area (Å²) >= 11 is 0. The molecule has 0 aromatic heterocycles. The molecular formula is C17H29N3. The maximum atomic E-state index is 5.79. The van der Waals surface area contributed by atoms with E-state index in [-0.39, 0.29) is 5.41 Å². The van der Waals surface area contributed by atoms with E-state index in [2.05, 4.69) is 49.9 Å². The van der Waals surface area contributed by atoms with Crippen molar-refractivity contribution >= 4 is 5.69 Å². The Bertz CT molecular complexity index is 422. The van der Waals surface area contributed by atoms with Crippen molar-refractivity contribution in [3.63, 3.8) is 0 Å². The van der Waals surface area contributed by atoms with E-state index in [1.165, 1.54) is 31.5 Å². The van der Waals surface area contributed by atoms with Crippen LogP contribution in [0.4, 0.5) is 5.69 Å². The smallest absolute Gasteiger partial charge is 0.0314 e. The molecule has 1 heterocycles. The summed E-state index contributed by atoms with van der Waals surface area (Å²) in [5.41, 5.74) is 8.17. The van der Waals surface area contributed by atoms with Crippen LogP contribution < -0.4 is 5.73 Å². The third-order valence-electron chi connectivity index (χ3n) is 4.52. The Hall–Kier alpha value is -1.06. The van der Waals surface area contributed by atoms with E-state index in [1.54, 1.807) is 0 Å². The Morgan fingerprint density at radius 3 is 2.50 bits per heavy atom. The van der Waals surface area contributed by atoms with Crippen LogP contribution in [0, 0.1) is 0 Å². The fourth-order valence-electron chi connectivity index (χ4n) is 3.18. The SMILES string of the molecule is CN(C)C1CCCN(CC(C)(C)c2ccc(N)cc2)C1. The van der Waals surface area contributed by atoms with Crippen molar-refractivity contribution < 1.29 is 0 Å². The molecule has 1 aromatic rings. The van der Waals surface area contributed by atoms with Gasteiger partial charge >= 0.3 is 0 Å². The molecule has 1 aliphatic heterocycles. The van der Waals surface area contributed by atoms with Crippen LogP contribution in [0.5, 0.6) is 0 Å². The molecule has 0 amide bonds. The average Bonchev–Trinajstić information content (AvgIpc) is 2.39. The first-order valence-electron chi connectivity index (χ1n) is 7.63. The first-order valence-corrected chi connectivity index (χ1v) is 7.63. The Balaban J connectivity index is 2.02. The second kappa shape index (κ2) is 6.15. The van der Waals surface area contributed by atoms with Crippen molar-refractivity contribution in [2.24, 2.45) is 0 Å². The lowest BCUT2D eigenvalue weighted by molar-refractivity contribution is 0.115. The molecule has 1 aliphatic rings. The number of nitrogens with zero attached hydrogens (tertiary/aromatic N) is 2. The standard InChI is InChI=1S/C17H29N3/c1-17(2,14-7-9-15(18)10-8-14)13-20-11-5-6-16(12-20)19(3)4/h7-10,16H,5-6,11-13,18H2,1-4H3. The van der Waals surface area contributed by atoms with E-state index < -0.39 is 0 Å². The van der Waals surface area contributed by atoms with Crippen molar-refractivity contribution in [2.45, 2.75) is 38.1 Å². The van der Waals surface area contributed by atoms with E-state index in [9.17, 15) is 0 Å². The summed E-state index contributed by atoms with van der Waals surface area (Å²) in [4.78, 5) is 4.98. The third kappa shape index (κ3) is 3.74. The number of nitrogen functional groups attached to an aromatic ring is 1. The van der Waals surface area contributed by atoms with Crippen LogP contribution in [0.15, 0.2) is 24.3 Å². The normalized spacial score (nSPS) is 21.4. The largest absolute Gasteiger partial charge is 0.399 e. The molecule has 2 N–H and O–H groups in total. The molecule has 3 heteroatoms. The lowest BCUT2D eigenvalue weighted by Gasteiger charge is -2.40. The van der Waals surface area contributed by atoms with Crippen molar-refractivity contribution in [1.82, 2.24) is 9.80 Å². The van der Waals surface area contributed by atoms with Crippen molar-refractivity contribution in [2.75, 3.05) is 39.5 Å². The van der Waals surface area contributed by atoms with E-state index >= 15 is 0 Å². The summed E-state index contributed by atoms with van der Waals surface area (Å²) in [5.74, 6) is 0. The zero-order valence-corrected chi connectivity index (χ0v) is 13.4. The Labute approximate surface area is 123 Å². The van der Waals surface area contributed by atoms with Gasteiger partial charge < -0.3 is 15.5 Å². The quantitative estimate of drug-likeness (QED) is 0.857. The number of rotatable bonds is 4. The predicted molar refractivity (Wildman–Crippen MR) is 87.0 cm³/mol. The molecule has 1 aromatic carbocycles. The number of benzene rings is 1. The minimum atomic E-state index is 0.169. The van der Waals surface area contributed by atoms with E-state index in [4.69, 9.17) is 5.73 Å². The van der Waals surface area contributed by atoms with Gasteiger partial charge in [0.05, 0.1) is 0 Å². The molecular weight excluding hydrogens is 246 g/mol. The van der Waals surface area contributed by atoms with Gasteiger partial charge in [0.15, 0.2) is 0 Å². The van der Waals surface area contributed by atoms with Crippen LogP contribution in [-0.4, -0.2) is 49.6 Å². The molecule has 2 rings (SSSR count). The van der Waals surface area contributed by atoms with Crippen LogP contribution in [0.3, 0.4) is 0 Å². The number of hydrogen-bond donors (Lipinski definition) is 1. The van der Waals surface area contributed by atoms with Crippen LogP contribution in [-0.2, 0) is 5.41 Å². The van der Waals surface area contributed by atoms with Gasteiger partial charge in [-0.15, -0.1) is 0 Å². The van der Waals surface area contributed by atoms with Gasteiger partial charge in [-0.05, 0) is 51.2 Å². The number of piperidine rings is 1. The van der Waals surface area contributed by atoms with Crippen LogP contribution >= 0.6 is 0 Å². The molecule has 1 atom stereocenters. The number of nitrogens with two attached hydrogens (primary N) is 1. The highest BCUT2D eigenvalue weighted by molar-refractivity contribution is 5.41. The molecule has 1 fully saturated rings. The first kappa shape index (κ1) is 15.3. The van der Waals surface area contributed by atoms with Gasteiger partial charge in [0.2, 0.25) is 0 Å². The topological polar surface area (TPSA) is 32.5 Å². The zero-order valence-electron chi connectivity index (χ0n) is 13.4. The lowest BCUT2D eigenvalue weighted by Crippen LogP contribution is -2.48. The first-order chi connectivity index (χ1) is 9.38. The van der Waals surface area contributed by atoms with Gasteiger partial charge in [-0.3, -0.25) is 0 Å². The number of likely N-dealkylation sites (N-methyl/N-ethyl adjacent to an activating group) is 1. The summed E-state index contributed by atoms with van der Waals surface area (Å²) < 4.78 is 0. The van der Waals surface area contributed by atoms with Crippen molar-refractivity contribution in [3.05, 3.63) is 29.8 Å². The van der Waals surface area contributed by atoms with Gasteiger partial charge in [0.1, 0.15) is 0 Å². The zero-order chi connectivity index (χ0) is 14.8. The Morgan fingerprint density at radius 1 is 1.25 bits per heavy atom. The summed E-state index contributed by atoms with van der Waals surface area (Å²) in [6, 6.07) is 9.06. The maximum Gasteiger partial charge on any atom is 0.0314 e. The minimum absolute atomic E-state index is 0.169. The lowest BCUT2D eigenvalue weighted by atomic mass is 9.83. The minimum Gasteiger partial charge on any atom is -0.399 e. The molecule has 0 bridgehead atoms. The highest BCUT2D eigenvalue weighted by atomic mass is 15.2. The summed E-state index contributed by atoms with van der Waals surface area (Å²) in [7, 11) is 4.39. The Kier molecular flexibility index (Phi) is 4.71. The molecule has 112 valence electrons. The summed E-state index contributed by atoms with van der Waals surface area (Å²) in [6.07, 6.45) is 2.63. The van der Waals surface area contributed by atoms with Gasteiger partial charge in [-0.25, -0.2) is 0 Å².